The van der Waals surface area contributed by atoms with Crippen LogP contribution >= 0.6 is 0 Å². The highest BCUT2D eigenvalue weighted by molar-refractivity contribution is 5.94. The summed E-state index contributed by atoms with van der Waals surface area (Å²) < 4.78 is 13.2. The molecule has 0 bridgehead atoms. The maximum Gasteiger partial charge on any atom is 0.246 e. The van der Waals surface area contributed by atoms with Gasteiger partial charge in [0.1, 0.15) is 12.4 Å². The lowest BCUT2D eigenvalue weighted by atomic mass is 10.2. The predicted octanol–water partition coefficient (Wildman–Crippen LogP) is 2.59. The van der Waals surface area contributed by atoms with Gasteiger partial charge in [0.25, 0.3) is 0 Å². The number of nitrogens with one attached hydrogen (secondary N) is 3. The Bertz CT molecular complexity index is 600. The van der Waals surface area contributed by atoms with Crippen LogP contribution in [0.4, 0.5) is 10.1 Å². The van der Waals surface area contributed by atoms with Crippen molar-refractivity contribution in [3.8, 4) is 0 Å². The molecule has 1 aliphatic heterocycles. The summed E-state index contributed by atoms with van der Waals surface area (Å²) in [7, 11) is 0. The molecule has 1 amide bonds. The Balaban J connectivity index is 1.71. The van der Waals surface area contributed by atoms with Crippen LogP contribution in [0.15, 0.2) is 29.3 Å². The van der Waals surface area contributed by atoms with Crippen molar-refractivity contribution < 1.29 is 9.18 Å². The number of aliphatic imine (C=N–C) groups is 1. The number of nitrogens with zero attached hydrogens (tertiary/aromatic N) is 2. The van der Waals surface area contributed by atoms with Crippen molar-refractivity contribution in [2.45, 2.75) is 39.0 Å². The normalized spacial score (nSPS) is 15.9. The molecule has 2 rings (SSSR count). The number of hydrogen-bond donors (Lipinski definition) is 3. The summed E-state index contributed by atoms with van der Waals surface area (Å²) in [5.41, 5.74) is 0.436. The summed E-state index contributed by atoms with van der Waals surface area (Å²) in [6.07, 6.45) is 6.35. The molecule has 0 radical (unpaired) electrons. The number of hydrogen-bond acceptors (Lipinski definition) is 3. The van der Waals surface area contributed by atoms with E-state index >= 15 is 0 Å². The lowest BCUT2D eigenvalue weighted by molar-refractivity contribution is -0.114. The number of amides is 1. The van der Waals surface area contributed by atoms with Crippen LogP contribution in [0.5, 0.6) is 0 Å². The quantitative estimate of drug-likeness (QED) is 0.370. The molecule has 27 heavy (non-hydrogen) atoms. The molecule has 0 aromatic heterocycles. The van der Waals surface area contributed by atoms with Gasteiger partial charge in [0.2, 0.25) is 5.91 Å². The molecule has 150 valence electrons. The molecule has 7 heteroatoms. The van der Waals surface area contributed by atoms with E-state index < -0.39 is 0 Å². The molecule has 1 fully saturated rings. The maximum atomic E-state index is 13.2. The zero-order valence-corrected chi connectivity index (χ0v) is 16.3. The fraction of sp³-hybridized carbons (Fsp3) is 0.600. The molecule has 1 aromatic rings. The van der Waals surface area contributed by atoms with Gasteiger partial charge in [-0.3, -0.25) is 4.79 Å². The van der Waals surface area contributed by atoms with E-state index in [4.69, 9.17) is 0 Å². The smallest absolute Gasteiger partial charge is 0.246 e. The van der Waals surface area contributed by atoms with E-state index in [9.17, 15) is 9.18 Å². The fourth-order valence-corrected chi connectivity index (χ4v) is 3.13. The molecule has 1 saturated heterocycles. The summed E-state index contributed by atoms with van der Waals surface area (Å²) in [6, 6.07) is 5.83. The van der Waals surface area contributed by atoms with Gasteiger partial charge in [0.15, 0.2) is 5.96 Å². The summed E-state index contributed by atoms with van der Waals surface area (Å²) in [5.74, 6) is -0.0270. The molecule has 6 nitrogen and oxygen atoms in total. The van der Waals surface area contributed by atoms with E-state index in [1.165, 1.54) is 50.9 Å². The first kappa shape index (κ1) is 21.2. The minimum Gasteiger partial charge on any atom is -0.357 e. The Morgan fingerprint density at radius 2 is 1.96 bits per heavy atom. The van der Waals surface area contributed by atoms with Gasteiger partial charge in [-0.25, -0.2) is 9.38 Å². The number of guanidine groups is 1. The van der Waals surface area contributed by atoms with Crippen LogP contribution in [0.2, 0.25) is 0 Å². The number of likely N-dealkylation sites (tertiary alicyclic amines) is 1. The summed E-state index contributed by atoms with van der Waals surface area (Å²) in [5, 5.41) is 9.07. The molecule has 0 atom stereocenters. The van der Waals surface area contributed by atoms with Gasteiger partial charge in [0.05, 0.1) is 0 Å². The minimum absolute atomic E-state index is 0.0159. The Morgan fingerprint density at radius 1 is 1.19 bits per heavy atom. The molecule has 1 aromatic carbocycles. The molecule has 1 aliphatic rings. The average molecular weight is 378 g/mol. The Hall–Kier alpha value is -2.15. The van der Waals surface area contributed by atoms with Crippen LogP contribution in [-0.4, -0.2) is 56.0 Å². The molecular weight excluding hydrogens is 345 g/mol. The van der Waals surface area contributed by atoms with E-state index in [2.05, 4.69) is 25.8 Å². The molecular formula is C20H32FN5O. The van der Waals surface area contributed by atoms with E-state index in [-0.39, 0.29) is 18.3 Å². The van der Waals surface area contributed by atoms with Crippen LogP contribution in [0.25, 0.3) is 0 Å². The largest absolute Gasteiger partial charge is 0.357 e. The van der Waals surface area contributed by atoms with Gasteiger partial charge in [-0.2, -0.15) is 0 Å². The first-order valence-corrected chi connectivity index (χ1v) is 9.97. The van der Waals surface area contributed by atoms with Crippen LogP contribution in [0.1, 0.15) is 39.0 Å². The Morgan fingerprint density at radius 3 is 2.67 bits per heavy atom. The fourth-order valence-electron chi connectivity index (χ4n) is 3.13. The molecule has 0 aliphatic carbocycles. The van der Waals surface area contributed by atoms with Crippen LogP contribution in [0, 0.1) is 5.82 Å². The Labute approximate surface area is 161 Å². The van der Waals surface area contributed by atoms with E-state index in [0.717, 1.165) is 26.1 Å². The third kappa shape index (κ3) is 8.86. The zero-order chi connectivity index (χ0) is 19.3. The standard InChI is InChI=1S/C20H32FN5O/c1-2-22-20(23-11-8-14-26-12-5-3-4-6-13-26)24-16-19(27)25-18-10-7-9-17(21)15-18/h7,9-10,15H,2-6,8,11-14,16H2,1H3,(H,25,27)(H2,22,23,24). The van der Waals surface area contributed by atoms with Crippen molar-refractivity contribution in [1.82, 2.24) is 15.5 Å². The second kappa shape index (κ2) is 12.3. The predicted molar refractivity (Wildman–Crippen MR) is 109 cm³/mol. The highest BCUT2D eigenvalue weighted by Crippen LogP contribution is 2.10. The first-order valence-electron chi connectivity index (χ1n) is 9.97. The first-order chi connectivity index (χ1) is 13.2. The second-order valence-electron chi connectivity index (χ2n) is 6.79. The van der Waals surface area contributed by atoms with Crippen molar-refractivity contribution in [3.05, 3.63) is 30.1 Å². The molecule has 1 heterocycles. The number of carbonyl (C=O) groups is 1. The number of rotatable bonds is 8. The van der Waals surface area contributed by atoms with E-state index in [1.54, 1.807) is 12.1 Å². The highest BCUT2D eigenvalue weighted by Gasteiger charge is 2.08. The molecule has 3 N–H and O–H groups in total. The van der Waals surface area contributed by atoms with Gasteiger partial charge >= 0.3 is 0 Å². The zero-order valence-electron chi connectivity index (χ0n) is 16.3. The van der Waals surface area contributed by atoms with Crippen molar-refractivity contribution >= 4 is 17.6 Å². The van der Waals surface area contributed by atoms with Crippen LogP contribution in [0.3, 0.4) is 0 Å². The number of anilines is 1. The minimum atomic E-state index is -0.379. The molecule has 0 spiro atoms. The third-order valence-electron chi connectivity index (χ3n) is 4.48. The lowest BCUT2D eigenvalue weighted by Crippen LogP contribution is -2.39. The van der Waals surface area contributed by atoms with Gasteiger partial charge < -0.3 is 20.9 Å². The summed E-state index contributed by atoms with van der Waals surface area (Å²) >= 11 is 0. The van der Waals surface area contributed by atoms with Crippen molar-refractivity contribution in [1.29, 1.82) is 0 Å². The van der Waals surface area contributed by atoms with E-state index in [1.807, 2.05) is 6.92 Å². The van der Waals surface area contributed by atoms with Gasteiger partial charge in [-0.15, -0.1) is 0 Å². The summed E-state index contributed by atoms with van der Waals surface area (Å²) in [6.45, 7) is 7.01. The SMILES string of the molecule is CCNC(=NCC(=O)Nc1cccc(F)c1)NCCCN1CCCCCC1. The van der Waals surface area contributed by atoms with Gasteiger partial charge in [-0.05, 0) is 64.0 Å². The van der Waals surface area contributed by atoms with Gasteiger partial charge in [-0.1, -0.05) is 18.9 Å². The maximum absolute atomic E-state index is 13.2. The second-order valence-corrected chi connectivity index (χ2v) is 6.79. The number of halogens is 1. The monoisotopic (exact) mass is 377 g/mol. The number of benzene rings is 1. The van der Waals surface area contributed by atoms with Crippen molar-refractivity contribution in [2.75, 3.05) is 44.6 Å². The highest BCUT2D eigenvalue weighted by atomic mass is 19.1. The van der Waals surface area contributed by atoms with Crippen molar-refractivity contribution in [2.24, 2.45) is 4.99 Å². The Kier molecular flexibility index (Phi) is 9.62. The van der Waals surface area contributed by atoms with Crippen molar-refractivity contribution in [3.63, 3.8) is 0 Å². The van der Waals surface area contributed by atoms with Crippen LogP contribution < -0.4 is 16.0 Å². The van der Waals surface area contributed by atoms with Gasteiger partial charge in [0, 0.05) is 18.8 Å². The van der Waals surface area contributed by atoms with Crippen LogP contribution in [-0.2, 0) is 4.79 Å². The lowest BCUT2D eigenvalue weighted by Gasteiger charge is -2.20. The topological polar surface area (TPSA) is 68.8 Å². The summed E-state index contributed by atoms with van der Waals surface area (Å²) in [4.78, 5) is 18.8. The molecule has 0 saturated carbocycles. The molecule has 0 unspecified atom stereocenters. The number of carbonyl (C=O) groups excluding carboxylic acids is 1. The van der Waals surface area contributed by atoms with E-state index in [0.29, 0.717) is 11.6 Å². The average Bonchev–Trinajstić information content (AvgIpc) is 2.92. The third-order valence-corrected chi connectivity index (χ3v) is 4.48.